The molecule has 5 atom stereocenters. The lowest BCUT2D eigenvalue weighted by molar-refractivity contribution is -0.144. The van der Waals surface area contributed by atoms with Gasteiger partial charge < -0.3 is 31.7 Å². The minimum atomic E-state index is -1.27. The Morgan fingerprint density at radius 3 is 1.54 bits per heavy atom. The molecule has 0 heterocycles. The third-order valence-corrected chi connectivity index (χ3v) is 7.34. The van der Waals surface area contributed by atoms with E-state index >= 15 is 0 Å². The van der Waals surface area contributed by atoms with Gasteiger partial charge in [0.15, 0.2) is 0 Å². The summed E-state index contributed by atoms with van der Waals surface area (Å²) in [6.45, 7) is 15.4. The molecule has 0 unspecified atom stereocenters. The number of carboxylic acid groups (broad SMARTS) is 1. The van der Waals surface area contributed by atoms with Crippen LogP contribution in [0.15, 0.2) is 30.3 Å². The van der Waals surface area contributed by atoms with Gasteiger partial charge in [-0.15, -0.1) is 0 Å². The number of hydrogen-bond acceptors (Lipinski definition) is 7. The highest BCUT2D eigenvalue weighted by atomic mass is 16.4. The molecule has 0 aliphatic carbocycles. The van der Waals surface area contributed by atoms with Crippen LogP contribution in [0.4, 0.5) is 0 Å². The molecule has 0 aliphatic heterocycles. The highest BCUT2D eigenvalue weighted by molar-refractivity contribution is 6.38. The van der Waals surface area contributed by atoms with Crippen molar-refractivity contribution in [1.82, 2.24) is 26.6 Å². The Bertz CT molecular complexity index is 1230. The van der Waals surface area contributed by atoms with Crippen LogP contribution in [0.25, 0.3) is 0 Å². The summed E-state index contributed by atoms with van der Waals surface area (Å²) in [5.74, 6) is -7.08. The van der Waals surface area contributed by atoms with E-state index in [1.54, 1.807) is 92.6 Å². The molecule has 0 saturated heterocycles. The summed E-state index contributed by atoms with van der Waals surface area (Å²) >= 11 is 0. The first-order chi connectivity index (χ1) is 21.4. The first kappa shape index (κ1) is 39.7. The first-order valence-electron chi connectivity index (χ1n) is 15.8. The van der Waals surface area contributed by atoms with E-state index in [9.17, 15) is 38.7 Å². The number of carbonyl (C=O) groups excluding carboxylic acids is 6. The summed E-state index contributed by atoms with van der Waals surface area (Å²) in [7, 11) is 0. The average molecular weight is 646 g/mol. The second-order valence-corrected chi connectivity index (χ2v) is 12.8. The number of amides is 5. The lowest BCUT2D eigenvalue weighted by atomic mass is 9.98. The van der Waals surface area contributed by atoms with Gasteiger partial charge in [0.2, 0.25) is 23.5 Å². The normalized spacial score (nSPS) is 14.5. The van der Waals surface area contributed by atoms with Crippen molar-refractivity contribution in [2.75, 3.05) is 0 Å². The van der Waals surface area contributed by atoms with Crippen molar-refractivity contribution in [3.8, 4) is 0 Å². The molecular weight excluding hydrogens is 594 g/mol. The number of ketones is 1. The molecule has 13 nitrogen and oxygen atoms in total. The van der Waals surface area contributed by atoms with Crippen molar-refractivity contribution in [2.24, 2.45) is 23.7 Å². The van der Waals surface area contributed by atoms with E-state index < -0.39 is 83.3 Å². The molecule has 0 aromatic heterocycles. The monoisotopic (exact) mass is 645 g/mol. The summed E-state index contributed by atoms with van der Waals surface area (Å²) in [4.78, 5) is 90.1. The molecule has 13 heteroatoms. The number of hydrogen-bond donors (Lipinski definition) is 6. The summed E-state index contributed by atoms with van der Waals surface area (Å²) < 4.78 is 0. The first-order valence-corrected chi connectivity index (χ1v) is 15.8. The molecule has 1 aromatic rings. The van der Waals surface area contributed by atoms with E-state index in [-0.39, 0.29) is 24.7 Å². The maximum atomic E-state index is 13.4. The fourth-order valence-corrected chi connectivity index (χ4v) is 4.60. The maximum absolute atomic E-state index is 13.4. The Labute approximate surface area is 271 Å². The number of benzene rings is 1. The highest BCUT2D eigenvalue weighted by Crippen LogP contribution is 2.11. The molecule has 0 spiro atoms. The lowest BCUT2D eigenvalue weighted by Crippen LogP contribution is -2.59. The molecular formula is C33H51N5O8. The second-order valence-electron chi connectivity index (χ2n) is 12.8. The van der Waals surface area contributed by atoms with Crippen molar-refractivity contribution in [3.63, 3.8) is 0 Å². The third-order valence-electron chi connectivity index (χ3n) is 7.34. The molecule has 0 bridgehead atoms. The molecule has 5 amide bonds. The Kier molecular flexibility index (Phi) is 16.1. The van der Waals surface area contributed by atoms with Gasteiger partial charge in [0.1, 0.15) is 24.2 Å². The maximum Gasteiger partial charge on any atom is 0.326 e. The Morgan fingerprint density at radius 2 is 1.09 bits per heavy atom. The van der Waals surface area contributed by atoms with Crippen LogP contribution in [-0.4, -0.2) is 76.6 Å². The molecule has 46 heavy (non-hydrogen) atoms. The van der Waals surface area contributed by atoms with Gasteiger partial charge >= 0.3 is 5.97 Å². The summed E-state index contributed by atoms with van der Waals surface area (Å²) in [5.41, 5.74) is 0.372. The topological polar surface area (TPSA) is 200 Å². The van der Waals surface area contributed by atoms with E-state index in [0.717, 1.165) is 0 Å². The smallest absolute Gasteiger partial charge is 0.326 e. The van der Waals surface area contributed by atoms with Gasteiger partial charge in [-0.25, -0.2) is 4.79 Å². The molecule has 0 radical (unpaired) electrons. The van der Waals surface area contributed by atoms with Gasteiger partial charge in [0, 0.05) is 5.56 Å². The quantitative estimate of drug-likeness (QED) is 0.130. The SMILES string of the molecule is CC[C@H](NC(=O)[C@@H](NC(=O)[C@@H](NC(=O)c1ccccc1)C(C)C)C(C)C)C(=O)C(=O)N[C@H](CC(C)C)C(=O)N[C@H](C(=O)O)C(C)C. The van der Waals surface area contributed by atoms with Crippen LogP contribution in [0.2, 0.25) is 0 Å². The lowest BCUT2D eigenvalue weighted by Gasteiger charge is -2.28. The zero-order valence-electron chi connectivity index (χ0n) is 28.3. The number of carboxylic acids is 1. The van der Waals surface area contributed by atoms with Gasteiger partial charge in [-0.05, 0) is 48.6 Å². The molecule has 0 aliphatic rings. The van der Waals surface area contributed by atoms with Crippen molar-refractivity contribution in [3.05, 3.63) is 35.9 Å². The van der Waals surface area contributed by atoms with Gasteiger partial charge in [0.05, 0.1) is 6.04 Å². The van der Waals surface area contributed by atoms with Crippen molar-refractivity contribution < 1.29 is 38.7 Å². The number of Topliss-reactive ketones (excluding diaryl/α,β-unsaturated/α-hetero) is 1. The molecule has 6 N–H and O–H groups in total. The van der Waals surface area contributed by atoms with E-state index in [4.69, 9.17) is 0 Å². The van der Waals surface area contributed by atoms with Crippen molar-refractivity contribution in [1.29, 1.82) is 0 Å². The Hall–Kier alpha value is -4.29. The van der Waals surface area contributed by atoms with Crippen molar-refractivity contribution >= 4 is 41.3 Å². The van der Waals surface area contributed by atoms with Gasteiger partial charge in [0.25, 0.3) is 11.8 Å². The molecule has 1 aromatic carbocycles. The van der Waals surface area contributed by atoms with Crippen LogP contribution in [0, 0.1) is 23.7 Å². The number of carbonyl (C=O) groups is 7. The van der Waals surface area contributed by atoms with Crippen LogP contribution in [0.5, 0.6) is 0 Å². The molecule has 0 saturated carbocycles. The minimum absolute atomic E-state index is 0.0357. The summed E-state index contributed by atoms with van der Waals surface area (Å²) in [6.07, 6.45) is 0.172. The van der Waals surface area contributed by atoms with E-state index in [1.807, 2.05) is 0 Å². The van der Waals surface area contributed by atoms with Crippen LogP contribution in [0.3, 0.4) is 0 Å². The Morgan fingerprint density at radius 1 is 0.609 bits per heavy atom. The third kappa shape index (κ3) is 12.2. The van der Waals surface area contributed by atoms with Gasteiger partial charge in [-0.2, -0.15) is 0 Å². The summed E-state index contributed by atoms with van der Waals surface area (Å²) in [5, 5.41) is 22.2. The fraction of sp³-hybridized carbons (Fsp3) is 0.606. The number of nitrogens with one attached hydrogen (secondary N) is 5. The van der Waals surface area contributed by atoms with Crippen LogP contribution >= 0.6 is 0 Å². The number of rotatable bonds is 18. The molecule has 0 fully saturated rings. The van der Waals surface area contributed by atoms with Gasteiger partial charge in [-0.3, -0.25) is 28.8 Å². The second kappa shape index (κ2) is 18.6. The van der Waals surface area contributed by atoms with Crippen LogP contribution in [-0.2, 0) is 28.8 Å². The largest absolute Gasteiger partial charge is 0.480 e. The van der Waals surface area contributed by atoms with Crippen LogP contribution < -0.4 is 26.6 Å². The Balaban J connectivity index is 3.04. The van der Waals surface area contributed by atoms with Crippen LogP contribution in [0.1, 0.15) is 85.5 Å². The molecule has 1 rings (SSSR count). The van der Waals surface area contributed by atoms with E-state index in [2.05, 4.69) is 26.6 Å². The fourth-order valence-electron chi connectivity index (χ4n) is 4.60. The zero-order chi connectivity index (χ0) is 35.3. The highest BCUT2D eigenvalue weighted by Gasteiger charge is 2.35. The standard InChI is InChI=1S/C33H51N5O8/c1-10-22(27(39)32(44)35-23(16-17(2)3)29(41)38-26(20(8)9)33(45)46)34-30(42)24(18(4)5)37-31(43)25(19(6)7)36-28(40)21-14-12-11-13-15-21/h11-15,17-20,22-26H,10,16H2,1-9H3,(H,34,42)(H,35,44)(H,36,40)(H,37,43)(H,38,41)(H,45,46)/t22-,23+,24-,25-,26-/m0/s1. The van der Waals surface area contributed by atoms with E-state index in [0.29, 0.717) is 5.56 Å². The van der Waals surface area contributed by atoms with Gasteiger partial charge in [-0.1, -0.05) is 80.5 Å². The minimum Gasteiger partial charge on any atom is -0.480 e. The number of aliphatic carboxylic acids is 1. The zero-order valence-corrected chi connectivity index (χ0v) is 28.3. The molecule has 256 valence electrons. The average Bonchev–Trinajstić information content (AvgIpc) is 2.98. The summed E-state index contributed by atoms with van der Waals surface area (Å²) in [6, 6.07) is 2.68. The van der Waals surface area contributed by atoms with E-state index in [1.165, 1.54) is 0 Å². The predicted molar refractivity (Wildman–Crippen MR) is 172 cm³/mol. The predicted octanol–water partition coefficient (Wildman–Crippen LogP) is 1.80. The van der Waals surface area contributed by atoms with Crippen molar-refractivity contribution in [2.45, 2.75) is 105 Å².